The molecular weight excluding hydrogens is 242 g/mol. The molecule has 0 bridgehead atoms. The van der Waals surface area contributed by atoms with Crippen molar-refractivity contribution in [3.8, 4) is 11.5 Å². The lowest BCUT2D eigenvalue weighted by molar-refractivity contribution is -0.651. The smallest absolute Gasteiger partial charge is 0.355 e. The van der Waals surface area contributed by atoms with Gasteiger partial charge in [0.25, 0.3) is 0 Å². The number of hydrogen-bond donors (Lipinski definition) is 0. The van der Waals surface area contributed by atoms with Crippen molar-refractivity contribution in [2.24, 2.45) is 0 Å². The number of oxazole rings is 1. The SMILES string of the molecule is c1cc2c(cn1)-c1oc3nc4cnccn4c3[n+]1C2. The molecule has 0 unspecified atom stereocenters. The van der Waals surface area contributed by atoms with Crippen LogP contribution in [0.15, 0.2) is 41.5 Å². The van der Waals surface area contributed by atoms with Crippen LogP contribution in [0.5, 0.6) is 0 Å². The van der Waals surface area contributed by atoms with Crippen LogP contribution in [0.25, 0.3) is 28.5 Å². The Bertz CT molecular complexity index is 952. The second-order valence-corrected chi connectivity index (χ2v) is 4.57. The van der Waals surface area contributed by atoms with E-state index in [2.05, 4.69) is 19.5 Å². The second kappa shape index (κ2) is 2.97. The van der Waals surface area contributed by atoms with Crippen LogP contribution < -0.4 is 4.57 Å². The molecule has 5 rings (SSSR count). The van der Waals surface area contributed by atoms with Gasteiger partial charge in [0.05, 0.1) is 18.0 Å². The van der Waals surface area contributed by atoms with Gasteiger partial charge < -0.3 is 4.42 Å². The average molecular weight is 250 g/mol. The summed E-state index contributed by atoms with van der Waals surface area (Å²) in [6.07, 6.45) is 9.02. The molecule has 4 aromatic heterocycles. The predicted octanol–water partition coefficient (Wildman–Crippen LogP) is 1.19. The maximum atomic E-state index is 5.89. The number of nitrogens with zero attached hydrogens (tertiary/aromatic N) is 5. The zero-order valence-electron chi connectivity index (χ0n) is 9.82. The predicted molar refractivity (Wildman–Crippen MR) is 65.3 cm³/mol. The quantitative estimate of drug-likeness (QED) is 0.387. The van der Waals surface area contributed by atoms with Crippen LogP contribution in [0, 0.1) is 0 Å². The number of fused-ring (bicyclic) bond motifs is 7. The van der Waals surface area contributed by atoms with E-state index < -0.39 is 0 Å². The summed E-state index contributed by atoms with van der Waals surface area (Å²) >= 11 is 0. The lowest BCUT2D eigenvalue weighted by atomic mass is 10.2. The van der Waals surface area contributed by atoms with E-state index in [0.29, 0.717) is 5.71 Å². The van der Waals surface area contributed by atoms with Crippen molar-refractivity contribution >= 4 is 17.0 Å². The third kappa shape index (κ3) is 1.02. The number of imidazole rings is 1. The first-order valence-corrected chi connectivity index (χ1v) is 5.99. The van der Waals surface area contributed by atoms with Crippen LogP contribution in [-0.2, 0) is 6.54 Å². The molecule has 0 radical (unpaired) electrons. The van der Waals surface area contributed by atoms with E-state index >= 15 is 0 Å². The van der Waals surface area contributed by atoms with E-state index in [1.54, 1.807) is 18.6 Å². The first kappa shape index (κ1) is 9.21. The lowest BCUT2D eigenvalue weighted by Crippen LogP contribution is -2.31. The van der Waals surface area contributed by atoms with Crippen molar-refractivity contribution in [1.82, 2.24) is 19.4 Å². The van der Waals surface area contributed by atoms with Gasteiger partial charge in [0.15, 0.2) is 0 Å². The van der Waals surface area contributed by atoms with Gasteiger partial charge in [-0.1, -0.05) is 0 Å². The van der Waals surface area contributed by atoms with Gasteiger partial charge in [-0.05, 0) is 6.07 Å². The monoisotopic (exact) mass is 250 g/mol. The molecule has 0 atom stereocenters. The van der Waals surface area contributed by atoms with Gasteiger partial charge >= 0.3 is 17.3 Å². The van der Waals surface area contributed by atoms with Gasteiger partial charge in [0.1, 0.15) is 12.7 Å². The molecule has 0 saturated heterocycles. The molecule has 19 heavy (non-hydrogen) atoms. The molecule has 0 aliphatic carbocycles. The van der Waals surface area contributed by atoms with Crippen LogP contribution in [0.2, 0.25) is 0 Å². The average Bonchev–Trinajstić information content (AvgIpc) is 3.05. The Kier molecular flexibility index (Phi) is 1.44. The van der Waals surface area contributed by atoms with Crippen LogP contribution in [0.3, 0.4) is 0 Å². The molecule has 0 fully saturated rings. The molecule has 0 amide bonds. The molecule has 6 heteroatoms. The van der Waals surface area contributed by atoms with Gasteiger partial charge in [0.2, 0.25) is 5.65 Å². The molecular formula is C13H8N5O+. The van der Waals surface area contributed by atoms with Gasteiger partial charge in [-0.25, -0.2) is 0 Å². The molecule has 1 aliphatic rings. The van der Waals surface area contributed by atoms with Gasteiger partial charge in [-0.2, -0.15) is 14.0 Å². The summed E-state index contributed by atoms with van der Waals surface area (Å²) in [6.45, 7) is 0.788. The van der Waals surface area contributed by atoms with Crippen molar-refractivity contribution in [2.45, 2.75) is 6.54 Å². The summed E-state index contributed by atoms with van der Waals surface area (Å²) in [5.41, 5.74) is 4.66. The Hall–Kier alpha value is -2.76. The molecule has 6 nitrogen and oxygen atoms in total. The molecule has 90 valence electrons. The number of hydrogen-bond acceptors (Lipinski definition) is 4. The normalized spacial score (nSPS) is 13.1. The fourth-order valence-corrected chi connectivity index (χ4v) is 2.70. The molecule has 5 heterocycles. The fourth-order valence-electron chi connectivity index (χ4n) is 2.70. The van der Waals surface area contributed by atoms with Gasteiger partial charge in [-0.15, -0.1) is 0 Å². The van der Waals surface area contributed by atoms with Crippen LogP contribution in [0.1, 0.15) is 5.56 Å². The molecule has 0 saturated carbocycles. The van der Waals surface area contributed by atoms with E-state index in [4.69, 9.17) is 4.42 Å². The highest BCUT2D eigenvalue weighted by molar-refractivity contribution is 5.71. The van der Waals surface area contributed by atoms with E-state index in [0.717, 1.165) is 29.3 Å². The topological polar surface area (TPSA) is 60.1 Å². The van der Waals surface area contributed by atoms with E-state index in [-0.39, 0.29) is 0 Å². The standard InChI is InChI=1S/C13H8N5O/c1-2-14-5-9-8(1)7-18-12-11(19-13(9)18)16-10-6-15-3-4-17(10)12/h1-6H,7H2/q+1. The van der Waals surface area contributed by atoms with Crippen molar-refractivity contribution < 1.29 is 8.98 Å². The third-order valence-corrected chi connectivity index (χ3v) is 3.54. The van der Waals surface area contributed by atoms with Crippen LogP contribution in [0.4, 0.5) is 0 Å². The summed E-state index contributed by atoms with van der Waals surface area (Å²) in [5.74, 6) is 0.826. The van der Waals surface area contributed by atoms with E-state index in [1.165, 1.54) is 5.56 Å². The van der Waals surface area contributed by atoms with E-state index in [9.17, 15) is 0 Å². The number of aromatic nitrogens is 5. The van der Waals surface area contributed by atoms with Gasteiger partial charge in [-0.3, -0.25) is 9.97 Å². The highest BCUT2D eigenvalue weighted by Crippen LogP contribution is 2.30. The highest BCUT2D eigenvalue weighted by Gasteiger charge is 2.33. The zero-order valence-corrected chi connectivity index (χ0v) is 9.82. The lowest BCUT2D eigenvalue weighted by Gasteiger charge is -1.90. The van der Waals surface area contributed by atoms with Crippen LogP contribution in [-0.4, -0.2) is 19.4 Å². The zero-order chi connectivity index (χ0) is 12.4. The largest absolute Gasteiger partial charge is 0.395 e. The second-order valence-electron chi connectivity index (χ2n) is 4.57. The molecule has 4 aromatic rings. The molecule has 0 N–H and O–H groups in total. The minimum atomic E-state index is 0.637. The van der Waals surface area contributed by atoms with Crippen molar-refractivity contribution in [3.63, 3.8) is 0 Å². The maximum Gasteiger partial charge on any atom is 0.355 e. The first-order valence-electron chi connectivity index (χ1n) is 5.99. The minimum absolute atomic E-state index is 0.637. The van der Waals surface area contributed by atoms with Crippen molar-refractivity contribution in [1.29, 1.82) is 0 Å². The minimum Gasteiger partial charge on any atom is -0.395 e. The molecule has 1 aliphatic heterocycles. The van der Waals surface area contributed by atoms with Crippen molar-refractivity contribution in [3.05, 3.63) is 42.6 Å². The Morgan fingerprint density at radius 3 is 3.16 bits per heavy atom. The number of pyridine rings is 1. The van der Waals surface area contributed by atoms with Crippen molar-refractivity contribution in [2.75, 3.05) is 0 Å². The summed E-state index contributed by atoms with van der Waals surface area (Å²) in [5, 5.41) is 0. The highest BCUT2D eigenvalue weighted by atomic mass is 16.4. The number of rotatable bonds is 0. The first-order chi connectivity index (χ1) is 9.42. The van der Waals surface area contributed by atoms with Gasteiger partial charge in [0, 0.05) is 18.0 Å². The maximum absolute atomic E-state index is 5.89. The third-order valence-electron chi connectivity index (χ3n) is 3.54. The summed E-state index contributed by atoms with van der Waals surface area (Å²) < 4.78 is 10.0. The Balaban J connectivity index is 1.94. The summed E-state index contributed by atoms with van der Waals surface area (Å²) in [7, 11) is 0. The Morgan fingerprint density at radius 2 is 2.16 bits per heavy atom. The van der Waals surface area contributed by atoms with E-state index in [1.807, 2.05) is 22.9 Å². The summed E-state index contributed by atoms with van der Waals surface area (Å²) in [4.78, 5) is 12.7. The van der Waals surface area contributed by atoms with Crippen LogP contribution >= 0.6 is 0 Å². The fraction of sp³-hybridized carbons (Fsp3) is 0.0769. The molecule has 0 spiro atoms. The Morgan fingerprint density at radius 1 is 1.21 bits per heavy atom. The Labute approximate surface area is 107 Å². The summed E-state index contributed by atoms with van der Waals surface area (Å²) in [6, 6.07) is 2.02. The molecule has 0 aromatic carbocycles.